The van der Waals surface area contributed by atoms with E-state index in [2.05, 4.69) is 27.8 Å². The summed E-state index contributed by atoms with van der Waals surface area (Å²) >= 11 is 0. The highest BCUT2D eigenvalue weighted by Gasteiger charge is 2.34. The zero-order valence-corrected chi connectivity index (χ0v) is 21.3. The van der Waals surface area contributed by atoms with E-state index in [0.29, 0.717) is 44.1 Å². The van der Waals surface area contributed by atoms with Gasteiger partial charge in [-0.2, -0.15) is 0 Å². The normalized spacial score (nSPS) is 21.4. The average molecular weight is 513 g/mol. The van der Waals surface area contributed by atoms with Gasteiger partial charge in [0.25, 0.3) is 5.91 Å². The van der Waals surface area contributed by atoms with Crippen LogP contribution in [0.2, 0.25) is 0 Å². The van der Waals surface area contributed by atoms with Crippen molar-refractivity contribution in [1.29, 1.82) is 0 Å². The Kier molecular flexibility index (Phi) is 7.57. The molecule has 8 nitrogen and oxygen atoms in total. The van der Waals surface area contributed by atoms with Gasteiger partial charge in [0.05, 0.1) is 36.7 Å². The molecule has 198 valence electrons. The molecule has 2 aromatic carbocycles. The van der Waals surface area contributed by atoms with Crippen molar-refractivity contribution in [2.75, 3.05) is 63.2 Å². The van der Waals surface area contributed by atoms with Crippen molar-refractivity contribution in [1.82, 2.24) is 15.5 Å². The standard InChI is InChI=1S/C27H34F2N6O2/c1-17-26(34-8-10-37-11-9-34)33-25-22(12-18(13-23(25)32-17)27(36)31-6-5-30-2)24-4-3-7-35(24)21-15-19(28)14-20(29)16-21/h12-17,24,30,32H,3-11H2,1-2H3,(H,31,36). The molecule has 0 bridgehead atoms. The van der Waals surface area contributed by atoms with Crippen LogP contribution < -0.4 is 20.9 Å². The predicted octanol–water partition coefficient (Wildman–Crippen LogP) is 3.43. The molecule has 0 spiro atoms. The van der Waals surface area contributed by atoms with Crippen LogP contribution in [0.5, 0.6) is 0 Å². The maximum Gasteiger partial charge on any atom is 0.251 e. The number of anilines is 2. The number of fused-ring (bicyclic) bond motifs is 1. The summed E-state index contributed by atoms with van der Waals surface area (Å²) in [5, 5.41) is 9.55. The highest BCUT2D eigenvalue weighted by atomic mass is 19.1. The number of aliphatic imine (C=N–C) groups is 1. The van der Waals surface area contributed by atoms with Crippen molar-refractivity contribution in [2.45, 2.75) is 31.8 Å². The van der Waals surface area contributed by atoms with Gasteiger partial charge in [-0.05, 0) is 51.1 Å². The zero-order chi connectivity index (χ0) is 25.9. The van der Waals surface area contributed by atoms with Crippen LogP contribution in [0.4, 0.5) is 25.8 Å². The van der Waals surface area contributed by atoms with Gasteiger partial charge in [-0.15, -0.1) is 0 Å². The topological polar surface area (TPSA) is 81.2 Å². The molecule has 5 rings (SSSR count). The lowest BCUT2D eigenvalue weighted by molar-refractivity contribution is 0.0670. The Morgan fingerprint density at radius 3 is 2.59 bits per heavy atom. The van der Waals surface area contributed by atoms with Gasteiger partial charge in [0.1, 0.15) is 17.5 Å². The molecule has 0 aliphatic carbocycles. The Morgan fingerprint density at radius 1 is 1.11 bits per heavy atom. The van der Waals surface area contributed by atoms with Crippen molar-refractivity contribution in [2.24, 2.45) is 4.99 Å². The number of hydrogen-bond acceptors (Lipinski definition) is 7. The Hall–Kier alpha value is -3.24. The van der Waals surface area contributed by atoms with Gasteiger partial charge in [0, 0.05) is 55.6 Å². The van der Waals surface area contributed by atoms with Gasteiger partial charge in [-0.3, -0.25) is 4.79 Å². The first-order chi connectivity index (χ1) is 17.9. The summed E-state index contributed by atoms with van der Waals surface area (Å²) in [5.41, 5.74) is 3.47. The lowest BCUT2D eigenvalue weighted by Crippen LogP contribution is -2.48. The average Bonchev–Trinajstić information content (AvgIpc) is 3.37. The number of hydrogen-bond donors (Lipinski definition) is 3. The van der Waals surface area contributed by atoms with Crippen molar-refractivity contribution >= 4 is 28.8 Å². The van der Waals surface area contributed by atoms with Crippen molar-refractivity contribution in [3.8, 4) is 0 Å². The number of rotatable bonds is 6. The summed E-state index contributed by atoms with van der Waals surface area (Å²) < 4.78 is 33.8. The monoisotopic (exact) mass is 512 g/mol. The second-order valence-corrected chi connectivity index (χ2v) is 9.74. The van der Waals surface area contributed by atoms with E-state index in [9.17, 15) is 13.6 Å². The molecule has 2 unspecified atom stereocenters. The quantitative estimate of drug-likeness (QED) is 0.515. The first-order valence-corrected chi connectivity index (χ1v) is 13.0. The number of benzene rings is 2. The third kappa shape index (κ3) is 5.40. The molecule has 0 aromatic heterocycles. The molecule has 3 aliphatic heterocycles. The molecule has 2 aromatic rings. The van der Waals surface area contributed by atoms with E-state index in [1.165, 1.54) is 12.1 Å². The highest BCUT2D eigenvalue weighted by molar-refractivity contribution is 6.01. The molecule has 3 heterocycles. The number of ether oxygens (including phenoxy) is 1. The van der Waals surface area contributed by atoms with E-state index in [0.717, 1.165) is 54.8 Å². The molecule has 2 atom stereocenters. The van der Waals surface area contributed by atoms with E-state index in [4.69, 9.17) is 9.73 Å². The fourth-order valence-corrected chi connectivity index (χ4v) is 5.43. The molecule has 2 fully saturated rings. The molecule has 0 saturated carbocycles. The number of nitrogens with one attached hydrogen (secondary N) is 3. The Balaban J connectivity index is 1.58. The molecule has 2 saturated heterocycles. The minimum absolute atomic E-state index is 0.0435. The predicted molar refractivity (Wildman–Crippen MR) is 141 cm³/mol. The van der Waals surface area contributed by atoms with Gasteiger partial charge in [-0.1, -0.05) is 0 Å². The van der Waals surface area contributed by atoms with E-state index in [1.807, 2.05) is 24.1 Å². The molecule has 3 N–H and O–H groups in total. The minimum Gasteiger partial charge on any atom is -0.378 e. The number of carbonyl (C=O) groups excluding carboxylic acids is 1. The van der Waals surface area contributed by atoms with Crippen LogP contribution >= 0.6 is 0 Å². The van der Waals surface area contributed by atoms with Crippen molar-refractivity contribution in [3.63, 3.8) is 0 Å². The fraction of sp³-hybridized carbons (Fsp3) is 0.481. The van der Waals surface area contributed by atoms with Crippen molar-refractivity contribution in [3.05, 3.63) is 53.1 Å². The molecular weight excluding hydrogens is 478 g/mol. The largest absolute Gasteiger partial charge is 0.378 e. The summed E-state index contributed by atoms with van der Waals surface area (Å²) in [7, 11) is 1.84. The molecular formula is C27H34F2N6O2. The number of nitrogens with zero attached hydrogens (tertiary/aromatic N) is 3. The fourth-order valence-electron chi connectivity index (χ4n) is 5.43. The van der Waals surface area contributed by atoms with Crippen LogP contribution in [0.1, 0.15) is 41.7 Å². The van der Waals surface area contributed by atoms with E-state index < -0.39 is 11.6 Å². The van der Waals surface area contributed by atoms with E-state index >= 15 is 0 Å². The van der Waals surface area contributed by atoms with Crippen LogP contribution in [0.15, 0.2) is 35.3 Å². The maximum atomic E-state index is 14.1. The molecule has 0 radical (unpaired) electrons. The van der Waals surface area contributed by atoms with Gasteiger partial charge in [0.2, 0.25) is 0 Å². The minimum atomic E-state index is -0.608. The summed E-state index contributed by atoms with van der Waals surface area (Å²) in [5.74, 6) is -0.449. The summed E-state index contributed by atoms with van der Waals surface area (Å²) in [4.78, 5) is 22.5. The van der Waals surface area contributed by atoms with Gasteiger partial charge >= 0.3 is 0 Å². The van der Waals surface area contributed by atoms with E-state index in [1.54, 1.807) is 0 Å². The molecule has 1 amide bonds. The Bertz CT molecular complexity index is 1160. The lowest BCUT2D eigenvalue weighted by Gasteiger charge is -2.37. The van der Waals surface area contributed by atoms with Crippen molar-refractivity contribution < 1.29 is 18.3 Å². The third-order valence-electron chi connectivity index (χ3n) is 7.17. The molecule has 37 heavy (non-hydrogen) atoms. The van der Waals surface area contributed by atoms with Crippen LogP contribution in [-0.2, 0) is 4.74 Å². The second-order valence-electron chi connectivity index (χ2n) is 9.74. The van der Waals surface area contributed by atoms with Gasteiger partial charge < -0.3 is 30.5 Å². The van der Waals surface area contributed by atoms with E-state index in [-0.39, 0.29) is 18.0 Å². The number of amidine groups is 1. The highest BCUT2D eigenvalue weighted by Crippen LogP contribution is 2.45. The Morgan fingerprint density at radius 2 is 1.86 bits per heavy atom. The summed E-state index contributed by atoms with van der Waals surface area (Å²) in [6.07, 6.45) is 1.65. The van der Waals surface area contributed by atoms with Gasteiger partial charge in [-0.25, -0.2) is 13.8 Å². The number of halogens is 2. The van der Waals surface area contributed by atoms with Crippen LogP contribution in [0, 0.1) is 11.6 Å². The number of morpholine rings is 1. The smallest absolute Gasteiger partial charge is 0.251 e. The zero-order valence-electron chi connectivity index (χ0n) is 21.3. The molecule has 3 aliphatic rings. The van der Waals surface area contributed by atoms with Gasteiger partial charge in [0.15, 0.2) is 0 Å². The SMILES string of the molecule is CNCCNC(=O)c1cc2c(c(C3CCCN3c3cc(F)cc(F)c3)c1)N=C(N1CCOCC1)C(C)N2. The van der Waals surface area contributed by atoms with Crippen LogP contribution in [0.25, 0.3) is 0 Å². The number of amides is 1. The number of carbonyl (C=O) groups is 1. The third-order valence-corrected chi connectivity index (χ3v) is 7.17. The summed E-state index contributed by atoms with van der Waals surface area (Å²) in [6.45, 7) is 6.71. The first kappa shape index (κ1) is 25.4. The van der Waals surface area contributed by atoms with Crippen LogP contribution in [0.3, 0.4) is 0 Å². The lowest BCUT2D eigenvalue weighted by atomic mass is 9.96. The maximum absolute atomic E-state index is 14.1. The Labute approximate surface area is 216 Å². The first-order valence-electron chi connectivity index (χ1n) is 13.0. The summed E-state index contributed by atoms with van der Waals surface area (Å²) in [6, 6.07) is 7.14. The number of likely N-dealkylation sites (N-methyl/N-ethyl adjacent to an activating group) is 1. The molecule has 10 heteroatoms. The second kappa shape index (κ2) is 11.0. The van der Waals surface area contributed by atoms with Crippen LogP contribution in [-0.4, -0.2) is 75.7 Å².